The second-order valence-corrected chi connectivity index (χ2v) is 3.17. The minimum absolute atomic E-state index is 0.773. The predicted molar refractivity (Wildman–Crippen MR) is 56.6 cm³/mol. The fraction of sp³-hybridized carbons (Fsp3) is 0.0909. The molecule has 0 fully saturated rings. The first kappa shape index (κ1) is 8.69. The van der Waals surface area contributed by atoms with Gasteiger partial charge in [-0.2, -0.15) is 0 Å². The van der Waals surface area contributed by atoms with Gasteiger partial charge in [0.05, 0.1) is 11.9 Å². The topological polar surface area (TPSA) is 51.8 Å². The summed E-state index contributed by atoms with van der Waals surface area (Å²) in [7, 11) is 0. The Labute approximate surface area is 82.6 Å². The number of nitrogens with zero attached hydrogens (tertiary/aromatic N) is 2. The van der Waals surface area contributed by atoms with Crippen LogP contribution in [0.15, 0.2) is 36.8 Å². The van der Waals surface area contributed by atoms with Gasteiger partial charge >= 0.3 is 0 Å². The number of hydrogen-bond donors (Lipinski definition) is 1. The lowest BCUT2D eigenvalue weighted by molar-refractivity contribution is 1.20. The van der Waals surface area contributed by atoms with Crippen molar-refractivity contribution in [2.24, 2.45) is 0 Å². The van der Waals surface area contributed by atoms with Gasteiger partial charge in [0.2, 0.25) is 0 Å². The molecule has 0 spiro atoms. The van der Waals surface area contributed by atoms with E-state index in [-0.39, 0.29) is 0 Å². The van der Waals surface area contributed by atoms with E-state index in [9.17, 15) is 0 Å². The monoisotopic (exact) mass is 185 g/mol. The summed E-state index contributed by atoms with van der Waals surface area (Å²) in [5, 5.41) is 0. The van der Waals surface area contributed by atoms with Crippen molar-refractivity contribution in [2.75, 3.05) is 5.73 Å². The second kappa shape index (κ2) is 3.46. The zero-order chi connectivity index (χ0) is 9.97. The Kier molecular flexibility index (Phi) is 2.14. The van der Waals surface area contributed by atoms with Crippen molar-refractivity contribution in [3.63, 3.8) is 0 Å². The van der Waals surface area contributed by atoms with Crippen LogP contribution in [0, 0.1) is 6.92 Å². The maximum atomic E-state index is 5.67. The number of nitrogen functional groups attached to an aromatic ring is 1. The first-order valence-electron chi connectivity index (χ1n) is 4.40. The summed E-state index contributed by atoms with van der Waals surface area (Å²) in [6.07, 6.45) is 5.10. The summed E-state index contributed by atoms with van der Waals surface area (Å²) in [6, 6.07) is 5.77. The first-order chi connectivity index (χ1) is 6.77. The van der Waals surface area contributed by atoms with E-state index < -0.39 is 0 Å². The Morgan fingerprint density at radius 3 is 2.71 bits per heavy atom. The third-order valence-corrected chi connectivity index (χ3v) is 2.09. The molecule has 0 atom stereocenters. The number of aryl methyl sites for hydroxylation is 1. The van der Waals surface area contributed by atoms with Gasteiger partial charge in [-0.05, 0) is 24.6 Å². The highest BCUT2D eigenvalue weighted by atomic mass is 14.8. The molecule has 1 aromatic carbocycles. The van der Waals surface area contributed by atoms with E-state index in [1.54, 1.807) is 18.6 Å². The average Bonchev–Trinajstić information content (AvgIpc) is 2.19. The van der Waals surface area contributed by atoms with Crippen LogP contribution >= 0.6 is 0 Å². The molecule has 70 valence electrons. The molecule has 2 N–H and O–H groups in total. The predicted octanol–water partition coefficient (Wildman–Crippen LogP) is 2.03. The maximum absolute atomic E-state index is 5.67. The van der Waals surface area contributed by atoms with Gasteiger partial charge in [0.15, 0.2) is 0 Å². The molecule has 14 heavy (non-hydrogen) atoms. The minimum Gasteiger partial charge on any atom is -0.399 e. The first-order valence-corrected chi connectivity index (χ1v) is 4.40. The molecule has 1 heterocycles. The molecule has 2 aromatic rings. The summed E-state index contributed by atoms with van der Waals surface area (Å²) in [5.74, 6) is 0. The van der Waals surface area contributed by atoms with Gasteiger partial charge in [0.25, 0.3) is 0 Å². The number of rotatable bonds is 1. The Morgan fingerprint density at radius 2 is 2.07 bits per heavy atom. The van der Waals surface area contributed by atoms with Crippen molar-refractivity contribution < 1.29 is 0 Å². The number of anilines is 1. The standard InChI is InChI=1S/C11H11N3/c1-8-6-9(12)2-3-10(8)11-7-13-4-5-14-11/h2-7H,12H2,1H3. The molecule has 0 radical (unpaired) electrons. The van der Waals surface area contributed by atoms with Crippen molar-refractivity contribution in [1.29, 1.82) is 0 Å². The molecule has 0 saturated heterocycles. The smallest absolute Gasteiger partial charge is 0.0887 e. The molecule has 0 bridgehead atoms. The summed E-state index contributed by atoms with van der Waals surface area (Å²) in [6.45, 7) is 2.01. The number of benzene rings is 1. The van der Waals surface area contributed by atoms with Crippen LogP contribution in [0.2, 0.25) is 0 Å². The van der Waals surface area contributed by atoms with Crippen molar-refractivity contribution in [2.45, 2.75) is 6.92 Å². The lowest BCUT2D eigenvalue weighted by Gasteiger charge is -2.04. The maximum Gasteiger partial charge on any atom is 0.0887 e. The van der Waals surface area contributed by atoms with Crippen LogP contribution in [0.3, 0.4) is 0 Å². The summed E-state index contributed by atoms with van der Waals surface area (Å²) < 4.78 is 0. The average molecular weight is 185 g/mol. The molecule has 0 unspecified atom stereocenters. The number of nitrogens with two attached hydrogens (primary N) is 1. The van der Waals surface area contributed by atoms with E-state index in [1.165, 1.54) is 0 Å². The largest absolute Gasteiger partial charge is 0.399 e. The van der Waals surface area contributed by atoms with E-state index in [0.717, 1.165) is 22.5 Å². The van der Waals surface area contributed by atoms with E-state index in [1.807, 2.05) is 25.1 Å². The number of aromatic nitrogens is 2. The molecule has 2 rings (SSSR count). The molecular formula is C11H11N3. The molecule has 3 nitrogen and oxygen atoms in total. The molecule has 0 saturated carbocycles. The molecule has 1 aromatic heterocycles. The zero-order valence-electron chi connectivity index (χ0n) is 7.94. The summed E-state index contributed by atoms with van der Waals surface area (Å²) >= 11 is 0. The Morgan fingerprint density at radius 1 is 1.21 bits per heavy atom. The highest BCUT2D eigenvalue weighted by Crippen LogP contribution is 2.21. The summed E-state index contributed by atoms with van der Waals surface area (Å²) in [4.78, 5) is 8.27. The quantitative estimate of drug-likeness (QED) is 0.691. The van der Waals surface area contributed by atoms with Crippen LogP contribution in [0.4, 0.5) is 5.69 Å². The van der Waals surface area contributed by atoms with Crippen LogP contribution < -0.4 is 5.73 Å². The number of hydrogen-bond acceptors (Lipinski definition) is 3. The van der Waals surface area contributed by atoms with Crippen molar-refractivity contribution in [3.05, 3.63) is 42.4 Å². The lowest BCUT2D eigenvalue weighted by atomic mass is 10.1. The van der Waals surface area contributed by atoms with Gasteiger partial charge in [0.1, 0.15) is 0 Å². The molecule has 0 amide bonds. The van der Waals surface area contributed by atoms with E-state index in [4.69, 9.17) is 5.73 Å². The van der Waals surface area contributed by atoms with Crippen LogP contribution in [0.5, 0.6) is 0 Å². The van der Waals surface area contributed by atoms with Crippen LogP contribution in [-0.4, -0.2) is 9.97 Å². The lowest BCUT2D eigenvalue weighted by Crippen LogP contribution is -1.90. The van der Waals surface area contributed by atoms with Crippen LogP contribution in [-0.2, 0) is 0 Å². The van der Waals surface area contributed by atoms with Gasteiger partial charge in [-0.15, -0.1) is 0 Å². The molecule has 0 aliphatic carbocycles. The van der Waals surface area contributed by atoms with E-state index >= 15 is 0 Å². The molecule has 0 aliphatic heterocycles. The van der Waals surface area contributed by atoms with Crippen LogP contribution in [0.25, 0.3) is 11.3 Å². The van der Waals surface area contributed by atoms with Gasteiger partial charge in [0, 0.05) is 23.6 Å². The Hall–Kier alpha value is -1.90. The Bertz CT molecular complexity index is 438. The fourth-order valence-corrected chi connectivity index (χ4v) is 1.41. The third kappa shape index (κ3) is 1.57. The minimum atomic E-state index is 0.773. The third-order valence-electron chi connectivity index (χ3n) is 2.09. The highest BCUT2D eigenvalue weighted by Gasteiger charge is 2.02. The van der Waals surface area contributed by atoms with Crippen LogP contribution in [0.1, 0.15) is 5.56 Å². The van der Waals surface area contributed by atoms with Gasteiger partial charge in [-0.25, -0.2) is 0 Å². The van der Waals surface area contributed by atoms with Gasteiger partial charge in [-0.3, -0.25) is 9.97 Å². The Balaban J connectivity index is 2.53. The van der Waals surface area contributed by atoms with Crippen molar-refractivity contribution >= 4 is 5.69 Å². The zero-order valence-corrected chi connectivity index (χ0v) is 7.94. The molecule has 0 aliphatic rings. The second-order valence-electron chi connectivity index (χ2n) is 3.17. The van der Waals surface area contributed by atoms with Gasteiger partial charge in [-0.1, -0.05) is 6.07 Å². The van der Waals surface area contributed by atoms with E-state index in [2.05, 4.69) is 9.97 Å². The molecular weight excluding hydrogens is 174 g/mol. The van der Waals surface area contributed by atoms with Gasteiger partial charge < -0.3 is 5.73 Å². The fourth-order valence-electron chi connectivity index (χ4n) is 1.41. The van der Waals surface area contributed by atoms with Crippen molar-refractivity contribution in [1.82, 2.24) is 9.97 Å². The molecule has 3 heteroatoms. The highest BCUT2D eigenvalue weighted by molar-refractivity contribution is 5.65. The SMILES string of the molecule is Cc1cc(N)ccc1-c1cnccn1. The summed E-state index contributed by atoms with van der Waals surface area (Å²) in [5.41, 5.74) is 9.51. The normalized spacial score (nSPS) is 10.1. The van der Waals surface area contributed by atoms with Crippen molar-refractivity contribution in [3.8, 4) is 11.3 Å². The van der Waals surface area contributed by atoms with E-state index in [0.29, 0.717) is 0 Å².